The molecule has 18 heavy (non-hydrogen) atoms. The first-order valence-corrected chi connectivity index (χ1v) is 6.83. The largest absolute Gasteiger partial charge is 0.496 e. The average molecular weight is 250 g/mol. The summed E-state index contributed by atoms with van der Waals surface area (Å²) in [7, 11) is 1.70. The van der Waals surface area contributed by atoms with Crippen molar-refractivity contribution in [3.8, 4) is 5.75 Å². The zero-order valence-corrected chi connectivity index (χ0v) is 11.9. The van der Waals surface area contributed by atoms with Crippen LogP contribution in [-0.2, 0) is 13.1 Å². The van der Waals surface area contributed by atoms with Crippen molar-refractivity contribution in [1.29, 1.82) is 0 Å². The number of rotatable bonds is 8. The Balaban J connectivity index is 2.71. The van der Waals surface area contributed by atoms with Gasteiger partial charge < -0.3 is 10.5 Å². The number of nitrogens with two attached hydrogens (primary N) is 1. The van der Waals surface area contributed by atoms with Crippen molar-refractivity contribution in [3.63, 3.8) is 0 Å². The van der Waals surface area contributed by atoms with Gasteiger partial charge in [0, 0.05) is 18.7 Å². The maximum atomic E-state index is 5.68. The molecule has 0 saturated heterocycles. The molecule has 3 nitrogen and oxygen atoms in total. The highest BCUT2D eigenvalue weighted by Gasteiger charge is 2.06. The van der Waals surface area contributed by atoms with Gasteiger partial charge >= 0.3 is 0 Å². The molecule has 102 valence electrons. The molecule has 0 heterocycles. The highest BCUT2D eigenvalue weighted by Crippen LogP contribution is 2.20. The molecule has 0 unspecified atom stereocenters. The minimum atomic E-state index is 0.525. The van der Waals surface area contributed by atoms with E-state index in [1.54, 1.807) is 7.11 Å². The van der Waals surface area contributed by atoms with Crippen molar-refractivity contribution in [2.24, 2.45) is 5.73 Å². The van der Waals surface area contributed by atoms with Gasteiger partial charge in [-0.25, -0.2) is 0 Å². The van der Waals surface area contributed by atoms with Crippen LogP contribution in [0, 0.1) is 0 Å². The van der Waals surface area contributed by atoms with Gasteiger partial charge in [0.25, 0.3) is 0 Å². The molecule has 0 bridgehead atoms. The van der Waals surface area contributed by atoms with Crippen LogP contribution < -0.4 is 10.5 Å². The first-order valence-electron chi connectivity index (χ1n) is 6.83. The fraction of sp³-hybridized carbons (Fsp3) is 0.600. The molecule has 0 aliphatic heterocycles. The molecule has 1 aromatic rings. The Morgan fingerprint density at radius 1 is 1.28 bits per heavy atom. The summed E-state index contributed by atoms with van der Waals surface area (Å²) in [5, 5.41) is 0. The van der Waals surface area contributed by atoms with Crippen LogP contribution >= 0.6 is 0 Å². The van der Waals surface area contributed by atoms with Crippen molar-refractivity contribution in [1.82, 2.24) is 4.90 Å². The normalized spacial score (nSPS) is 10.9. The summed E-state index contributed by atoms with van der Waals surface area (Å²) in [6.07, 6.45) is 2.50. The van der Waals surface area contributed by atoms with Crippen LogP contribution in [0.2, 0.25) is 0 Å². The predicted octanol–water partition coefficient (Wildman–Crippen LogP) is 2.78. The maximum Gasteiger partial charge on any atom is 0.123 e. The van der Waals surface area contributed by atoms with E-state index in [-0.39, 0.29) is 0 Å². The summed E-state index contributed by atoms with van der Waals surface area (Å²) in [4.78, 5) is 2.46. The monoisotopic (exact) mass is 250 g/mol. The van der Waals surface area contributed by atoms with Crippen LogP contribution in [0.5, 0.6) is 5.75 Å². The van der Waals surface area contributed by atoms with E-state index in [9.17, 15) is 0 Å². The van der Waals surface area contributed by atoms with Crippen molar-refractivity contribution in [2.45, 2.75) is 39.8 Å². The van der Waals surface area contributed by atoms with E-state index in [0.29, 0.717) is 6.54 Å². The zero-order valence-electron chi connectivity index (χ0n) is 11.9. The van der Waals surface area contributed by atoms with Gasteiger partial charge in [0.05, 0.1) is 7.11 Å². The van der Waals surface area contributed by atoms with Crippen molar-refractivity contribution >= 4 is 0 Å². The SMILES string of the molecule is CCCCN(CC)Cc1ccc(CN)c(OC)c1. The van der Waals surface area contributed by atoms with Crippen LogP contribution in [0.25, 0.3) is 0 Å². The fourth-order valence-electron chi connectivity index (χ4n) is 2.04. The first kappa shape index (κ1) is 15.0. The molecule has 0 aromatic heterocycles. The van der Waals surface area contributed by atoms with E-state index >= 15 is 0 Å². The maximum absolute atomic E-state index is 5.68. The Morgan fingerprint density at radius 3 is 2.61 bits per heavy atom. The lowest BCUT2D eigenvalue weighted by atomic mass is 10.1. The Morgan fingerprint density at radius 2 is 2.06 bits per heavy atom. The fourth-order valence-corrected chi connectivity index (χ4v) is 2.04. The van der Waals surface area contributed by atoms with Gasteiger partial charge in [-0.3, -0.25) is 4.90 Å². The molecule has 1 aromatic carbocycles. The van der Waals surface area contributed by atoms with Gasteiger partial charge in [-0.1, -0.05) is 32.4 Å². The summed E-state index contributed by atoms with van der Waals surface area (Å²) in [5.41, 5.74) is 8.04. The van der Waals surface area contributed by atoms with Gasteiger partial charge in [0.1, 0.15) is 5.75 Å². The van der Waals surface area contributed by atoms with E-state index in [1.165, 1.54) is 18.4 Å². The molecule has 0 amide bonds. The predicted molar refractivity (Wildman–Crippen MR) is 76.7 cm³/mol. The summed E-state index contributed by atoms with van der Waals surface area (Å²) in [6, 6.07) is 6.33. The first-order chi connectivity index (χ1) is 8.74. The molecule has 0 aliphatic rings. The number of ether oxygens (including phenoxy) is 1. The summed E-state index contributed by atoms with van der Waals surface area (Å²) < 4.78 is 5.37. The minimum Gasteiger partial charge on any atom is -0.496 e. The van der Waals surface area contributed by atoms with Crippen LogP contribution in [0.15, 0.2) is 18.2 Å². The topological polar surface area (TPSA) is 38.5 Å². The minimum absolute atomic E-state index is 0.525. The molecule has 0 fully saturated rings. The second-order valence-corrected chi connectivity index (χ2v) is 4.57. The lowest BCUT2D eigenvalue weighted by Gasteiger charge is -2.20. The number of hydrogen-bond donors (Lipinski definition) is 1. The number of methoxy groups -OCH3 is 1. The number of unbranched alkanes of at least 4 members (excludes halogenated alkanes) is 1. The van der Waals surface area contributed by atoms with E-state index in [1.807, 2.05) is 0 Å². The molecular formula is C15H26N2O. The van der Waals surface area contributed by atoms with Crippen LogP contribution in [-0.4, -0.2) is 25.1 Å². The van der Waals surface area contributed by atoms with Crippen molar-refractivity contribution < 1.29 is 4.74 Å². The van der Waals surface area contributed by atoms with Gasteiger partial charge in [-0.05, 0) is 31.1 Å². The zero-order chi connectivity index (χ0) is 13.4. The molecule has 0 spiro atoms. The highest BCUT2D eigenvalue weighted by molar-refractivity contribution is 5.37. The lowest BCUT2D eigenvalue weighted by Crippen LogP contribution is -2.24. The third-order valence-corrected chi connectivity index (χ3v) is 3.25. The molecule has 0 saturated carbocycles. The van der Waals surface area contributed by atoms with E-state index < -0.39 is 0 Å². The molecule has 1 rings (SSSR count). The van der Waals surface area contributed by atoms with Crippen LogP contribution in [0.3, 0.4) is 0 Å². The quantitative estimate of drug-likeness (QED) is 0.771. The summed E-state index contributed by atoms with van der Waals surface area (Å²) >= 11 is 0. The van der Waals surface area contributed by atoms with E-state index in [4.69, 9.17) is 10.5 Å². The highest BCUT2D eigenvalue weighted by atomic mass is 16.5. The molecule has 2 N–H and O–H groups in total. The van der Waals surface area contributed by atoms with Gasteiger partial charge in [-0.15, -0.1) is 0 Å². The molecular weight excluding hydrogens is 224 g/mol. The van der Waals surface area contributed by atoms with Crippen molar-refractivity contribution in [2.75, 3.05) is 20.2 Å². The molecule has 0 radical (unpaired) electrons. The smallest absolute Gasteiger partial charge is 0.123 e. The van der Waals surface area contributed by atoms with Gasteiger partial charge in [-0.2, -0.15) is 0 Å². The number of benzene rings is 1. The second-order valence-electron chi connectivity index (χ2n) is 4.57. The summed E-state index contributed by atoms with van der Waals surface area (Å²) in [6.45, 7) is 8.19. The Bertz CT molecular complexity index is 352. The van der Waals surface area contributed by atoms with Crippen molar-refractivity contribution in [3.05, 3.63) is 29.3 Å². The Hall–Kier alpha value is -1.06. The second kappa shape index (κ2) is 8.11. The number of hydrogen-bond acceptors (Lipinski definition) is 3. The third kappa shape index (κ3) is 4.31. The average Bonchev–Trinajstić information content (AvgIpc) is 2.43. The molecule has 0 aliphatic carbocycles. The Labute approximate surface area is 111 Å². The number of nitrogens with zero attached hydrogens (tertiary/aromatic N) is 1. The lowest BCUT2D eigenvalue weighted by molar-refractivity contribution is 0.275. The standard InChI is InChI=1S/C15H26N2O/c1-4-6-9-17(5-2)12-13-7-8-14(11-16)15(10-13)18-3/h7-8,10H,4-6,9,11-12,16H2,1-3H3. The van der Waals surface area contributed by atoms with E-state index in [2.05, 4.69) is 36.9 Å². The molecule has 0 atom stereocenters. The van der Waals surface area contributed by atoms with Gasteiger partial charge in [0.15, 0.2) is 0 Å². The van der Waals surface area contributed by atoms with Crippen LogP contribution in [0.4, 0.5) is 0 Å². The van der Waals surface area contributed by atoms with Crippen LogP contribution in [0.1, 0.15) is 37.8 Å². The van der Waals surface area contributed by atoms with E-state index in [0.717, 1.165) is 30.9 Å². The third-order valence-electron chi connectivity index (χ3n) is 3.25. The van der Waals surface area contributed by atoms with Gasteiger partial charge in [0.2, 0.25) is 0 Å². The Kier molecular flexibility index (Phi) is 6.76. The summed E-state index contributed by atoms with van der Waals surface area (Å²) in [5.74, 6) is 0.904. The molecule has 3 heteroatoms.